The van der Waals surface area contributed by atoms with Crippen molar-refractivity contribution in [2.24, 2.45) is 5.73 Å². The molecule has 0 saturated heterocycles. The summed E-state index contributed by atoms with van der Waals surface area (Å²) in [5.41, 5.74) is 6.12. The fraction of sp³-hybridized carbons (Fsp3) is 0.333. The summed E-state index contributed by atoms with van der Waals surface area (Å²) in [6, 6.07) is -0.264. The number of rotatable bonds is 1. The smallest absolute Gasteiger partial charge is 0.0872 e. The second-order valence-corrected chi connectivity index (χ2v) is 1.49. The molecule has 0 aliphatic heterocycles. The maximum absolute atomic E-state index is 5.28. The van der Waals surface area contributed by atoms with Crippen LogP contribution in [0.1, 0.15) is 6.92 Å². The number of nitrogens with two attached hydrogens (primary N) is 1. The van der Waals surface area contributed by atoms with Crippen LogP contribution in [-0.2, 0) is 0 Å². The van der Waals surface area contributed by atoms with Gasteiger partial charge in [0.05, 0.1) is 6.04 Å². The van der Waals surface area contributed by atoms with Gasteiger partial charge < -0.3 is 5.73 Å². The van der Waals surface area contributed by atoms with Gasteiger partial charge in [0.2, 0.25) is 0 Å². The van der Waals surface area contributed by atoms with Crippen LogP contribution >= 0.6 is 0 Å². The summed E-state index contributed by atoms with van der Waals surface area (Å²) >= 11 is 0. The highest BCUT2D eigenvalue weighted by molar-refractivity contribution is 5.15. The van der Waals surface area contributed by atoms with Crippen molar-refractivity contribution in [2.45, 2.75) is 13.0 Å². The summed E-state index contributed by atoms with van der Waals surface area (Å²) in [5.74, 6) is 2.34. The molecule has 0 aliphatic carbocycles. The molecule has 0 spiro atoms. The lowest BCUT2D eigenvalue weighted by molar-refractivity contribution is 0.988. The van der Waals surface area contributed by atoms with E-state index in [-0.39, 0.29) is 6.04 Å². The topological polar surface area (TPSA) is 26.0 Å². The molecule has 0 aromatic rings. The van der Waals surface area contributed by atoms with Crippen LogP contribution in [0, 0.1) is 12.3 Å². The van der Waals surface area contributed by atoms with Crippen LogP contribution in [0.2, 0.25) is 0 Å². The summed E-state index contributed by atoms with van der Waals surface area (Å²) in [6.07, 6.45) is 4.94. The van der Waals surface area contributed by atoms with Crippen LogP contribution < -0.4 is 5.73 Å². The molecule has 0 rings (SSSR count). The predicted molar refractivity (Wildman–Crippen MR) is 31.6 cm³/mol. The van der Waals surface area contributed by atoms with E-state index in [1.54, 1.807) is 0 Å². The number of hydrogen-bond acceptors (Lipinski definition) is 1. The lowest BCUT2D eigenvalue weighted by atomic mass is 10.2. The van der Waals surface area contributed by atoms with Crippen LogP contribution in [-0.4, -0.2) is 6.04 Å². The molecule has 7 heavy (non-hydrogen) atoms. The van der Waals surface area contributed by atoms with E-state index in [4.69, 9.17) is 12.2 Å². The van der Waals surface area contributed by atoms with Crippen LogP contribution in [0.4, 0.5) is 0 Å². The minimum atomic E-state index is -0.264. The van der Waals surface area contributed by atoms with E-state index >= 15 is 0 Å². The van der Waals surface area contributed by atoms with Crippen LogP contribution in [0.15, 0.2) is 12.2 Å². The minimum Gasteiger partial charge on any atom is -0.314 e. The van der Waals surface area contributed by atoms with E-state index < -0.39 is 0 Å². The molecule has 1 nitrogen and oxygen atoms in total. The lowest BCUT2D eigenvalue weighted by Gasteiger charge is -1.97. The fourth-order valence-corrected chi connectivity index (χ4v) is 0.142. The van der Waals surface area contributed by atoms with Gasteiger partial charge in [-0.3, -0.25) is 0 Å². The highest BCUT2D eigenvalue weighted by atomic mass is 14.6. The third kappa shape index (κ3) is 2.02. The molecule has 0 aromatic carbocycles. The summed E-state index contributed by atoms with van der Waals surface area (Å²) in [6.45, 7) is 5.37. The maximum Gasteiger partial charge on any atom is 0.0872 e. The first-order valence-corrected chi connectivity index (χ1v) is 2.05. The number of hydrogen-bond donors (Lipinski definition) is 1. The molecule has 2 N–H and O–H groups in total. The zero-order valence-corrected chi connectivity index (χ0v) is 4.44. The van der Waals surface area contributed by atoms with Crippen molar-refractivity contribution in [1.29, 1.82) is 0 Å². The third-order valence-electron chi connectivity index (χ3n) is 0.710. The SMILES string of the molecule is C#CC(N)C(=C)C. The van der Waals surface area contributed by atoms with Crippen LogP contribution in [0.5, 0.6) is 0 Å². The zero-order valence-electron chi connectivity index (χ0n) is 4.44. The first-order valence-electron chi connectivity index (χ1n) is 2.05. The van der Waals surface area contributed by atoms with E-state index in [1.807, 2.05) is 6.92 Å². The Balaban J connectivity index is 3.63. The molecule has 0 fully saturated rings. The van der Waals surface area contributed by atoms with Crippen molar-refractivity contribution in [3.05, 3.63) is 12.2 Å². The van der Waals surface area contributed by atoms with E-state index in [9.17, 15) is 0 Å². The maximum atomic E-state index is 5.28. The van der Waals surface area contributed by atoms with Crippen LogP contribution in [0.25, 0.3) is 0 Å². The Labute approximate surface area is 44.2 Å². The van der Waals surface area contributed by atoms with Gasteiger partial charge >= 0.3 is 0 Å². The van der Waals surface area contributed by atoms with Crippen molar-refractivity contribution in [3.8, 4) is 12.3 Å². The molecule has 0 bridgehead atoms. The average molecular weight is 95.1 g/mol. The van der Waals surface area contributed by atoms with Gasteiger partial charge in [-0.25, -0.2) is 0 Å². The normalized spacial score (nSPS) is 12.1. The van der Waals surface area contributed by atoms with E-state index in [0.717, 1.165) is 5.57 Å². The van der Waals surface area contributed by atoms with Crippen molar-refractivity contribution in [1.82, 2.24) is 0 Å². The Morgan fingerprint density at radius 1 is 2.00 bits per heavy atom. The highest BCUT2D eigenvalue weighted by Gasteiger charge is 1.92. The molecule has 38 valence electrons. The Morgan fingerprint density at radius 3 is 2.43 bits per heavy atom. The van der Waals surface area contributed by atoms with Gasteiger partial charge in [-0.15, -0.1) is 6.42 Å². The molecule has 0 radical (unpaired) electrons. The fourth-order valence-electron chi connectivity index (χ4n) is 0.142. The molecule has 0 aliphatic rings. The van der Waals surface area contributed by atoms with E-state index in [2.05, 4.69) is 12.5 Å². The molecule has 0 amide bonds. The molecule has 0 aromatic heterocycles. The van der Waals surface area contributed by atoms with Gasteiger partial charge in [-0.1, -0.05) is 18.1 Å². The summed E-state index contributed by atoms with van der Waals surface area (Å²) in [5, 5.41) is 0. The van der Waals surface area contributed by atoms with Gasteiger partial charge in [0.25, 0.3) is 0 Å². The molecule has 0 heterocycles. The molecule has 1 atom stereocenters. The van der Waals surface area contributed by atoms with Gasteiger partial charge in [0.1, 0.15) is 0 Å². The van der Waals surface area contributed by atoms with Crippen molar-refractivity contribution >= 4 is 0 Å². The summed E-state index contributed by atoms with van der Waals surface area (Å²) < 4.78 is 0. The molecule has 0 saturated carbocycles. The van der Waals surface area contributed by atoms with E-state index in [1.165, 1.54) is 0 Å². The summed E-state index contributed by atoms with van der Waals surface area (Å²) in [4.78, 5) is 0. The zero-order chi connectivity index (χ0) is 5.86. The van der Waals surface area contributed by atoms with Gasteiger partial charge in [-0.05, 0) is 6.92 Å². The lowest BCUT2D eigenvalue weighted by Crippen LogP contribution is -2.17. The Hall–Kier alpha value is -0.740. The second-order valence-electron chi connectivity index (χ2n) is 1.49. The highest BCUT2D eigenvalue weighted by Crippen LogP contribution is 1.89. The van der Waals surface area contributed by atoms with Crippen molar-refractivity contribution < 1.29 is 0 Å². The molecular weight excluding hydrogens is 86.1 g/mol. The Kier molecular flexibility index (Phi) is 2.18. The van der Waals surface area contributed by atoms with Crippen molar-refractivity contribution in [3.63, 3.8) is 0 Å². The first-order chi connectivity index (χ1) is 3.18. The van der Waals surface area contributed by atoms with Crippen LogP contribution in [0.3, 0.4) is 0 Å². The standard InChI is InChI=1S/C6H9N/c1-4-6(7)5(2)3/h1,6H,2,7H2,3H3. The van der Waals surface area contributed by atoms with Gasteiger partial charge in [0.15, 0.2) is 0 Å². The Bertz CT molecular complexity index is 108. The first kappa shape index (κ1) is 6.26. The second kappa shape index (κ2) is 2.44. The molecular formula is C6H9N. The predicted octanol–water partition coefficient (Wildman–Crippen LogP) is 0.523. The van der Waals surface area contributed by atoms with Crippen molar-refractivity contribution in [2.75, 3.05) is 0 Å². The quantitative estimate of drug-likeness (QED) is 0.373. The van der Waals surface area contributed by atoms with Gasteiger partial charge in [0, 0.05) is 0 Å². The average Bonchev–Trinajstić information content (AvgIpc) is 1.65. The van der Waals surface area contributed by atoms with E-state index in [0.29, 0.717) is 0 Å². The third-order valence-corrected chi connectivity index (χ3v) is 0.710. The molecule has 1 heteroatoms. The summed E-state index contributed by atoms with van der Waals surface area (Å²) in [7, 11) is 0. The van der Waals surface area contributed by atoms with Gasteiger partial charge in [-0.2, -0.15) is 0 Å². The number of terminal acetylenes is 1. The monoisotopic (exact) mass is 95.1 g/mol. The largest absolute Gasteiger partial charge is 0.314 e. The Morgan fingerprint density at radius 2 is 2.43 bits per heavy atom. The minimum absolute atomic E-state index is 0.264. The molecule has 1 unspecified atom stereocenters.